The monoisotopic (exact) mass is 302 g/mol. The van der Waals surface area contributed by atoms with Crippen LogP contribution in [-0.2, 0) is 14.3 Å². The number of carbonyl (C=O) groups is 1. The van der Waals surface area contributed by atoms with Crippen LogP contribution in [0, 0.1) is 11.3 Å². The lowest BCUT2D eigenvalue weighted by Gasteiger charge is -2.37. The highest BCUT2D eigenvalue weighted by molar-refractivity contribution is 5.81. The average molecular weight is 302 g/mol. The third-order valence-corrected chi connectivity index (χ3v) is 3.88. The highest BCUT2D eigenvalue weighted by Gasteiger charge is 2.30. The van der Waals surface area contributed by atoms with Crippen LogP contribution in [0.1, 0.15) is 5.56 Å². The zero-order valence-corrected chi connectivity index (χ0v) is 12.3. The van der Waals surface area contributed by atoms with Crippen LogP contribution in [0.4, 0.5) is 5.82 Å². The van der Waals surface area contributed by atoms with Crippen molar-refractivity contribution in [1.82, 2.24) is 9.88 Å². The summed E-state index contributed by atoms with van der Waals surface area (Å²) in [5.41, 5.74) is 0.548. The van der Waals surface area contributed by atoms with Gasteiger partial charge in [-0.15, -0.1) is 0 Å². The van der Waals surface area contributed by atoms with Gasteiger partial charge in [-0.25, -0.2) is 4.98 Å². The number of aromatic nitrogens is 1. The summed E-state index contributed by atoms with van der Waals surface area (Å²) in [6.07, 6.45) is 1.11. The SMILES string of the molecule is N#Cc1ccc(N2CCN(C(=O)[C@@H]3COCCO3)CC2)nc1. The van der Waals surface area contributed by atoms with Gasteiger partial charge in [-0.1, -0.05) is 0 Å². The molecule has 1 aromatic heterocycles. The molecule has 0 spiro atoms. The van der Waals surface area contributed by atoms with Crippen molar-refractivity contribution >= 4 is 11.7 Å². The third kappa shape index (κ3) is 3.18. The first-order chi connectivity index (χ1) is 10.8. The van der Waals surface area contributed by atoms with Gasteiger partial charge in [0.2, 0.25) is 0 Å². The molecule has 0 aliphatic carbocycles. The Kier molecular flexibility index (Phi) is 4.51. The summed E-state index contributed by atoms with van der Waals surface area (Å²) in [4.78, 5) is 20.6. The summed E-state index contributed by atoms with van der Waals surface area (Å²) in [6.45, 7) is 4.10. The van der Waals surface area contributed by atoms with Crippen LogP contribution in [0.3, 0.4) is 0 Å². The molecule has 1 amide bonds. The Bertz CT molecular complexity index is 555. The number of anilines is 1. The zero-order valence-electron chi connectivity index (χ0n) is 12.3. The van der Waals surface area contributed by atoms with Crippen LogP contribution in [0.15, 0.2) is 18.3 Å². The van der Waals surface area contributed by atoms with Gasteiger partial charge < -0.3 is 19.3 Å². The molecule has 0 radical (unpaired) electrons. The van der Waals surface area contributed by atoms with E-state index in [1.165, 1.54) is 0 Å². The fourth-order valence-electron chi connectivity index (χ4n) is 2.63. The number of carbonyl (C=O) groups excluding carboxylic acids is 1. The normalized spacial score (nSPS) is 22.2. The first kappa shape index (κ1) is 14.8. The predicted molar refractivity (Wildman–Crippen MR) is 78.3 cm³/mol. The number of hydrogen-bond acceptors (Lipinski definition) is 6. The van der Waals surface area contributed by atoms with Crippen molar-refractivity contribution in [3.05, 3.63) is 23.9 Å². The number of ether oxygens (including phenoxy) is 2. The summed E-state index contributed by atoms with van der Waals surface area (Å²) >= 11 is 0. The zero-order chi connectivity index (χ0) is 15.4. The smallest absolute Gasteiger partial charge is 0.254 e. The molecule has 0 bridgehead atoms. The molecule has 7 heteroatoms. The number of nitriles is 1. The Morgan fingerprint density at radius 3 is 2.68 bits per heavy atom. The van der Waals surface area contributed by atoms with E-state index < -0.39 is 6.10 Å². The van der Waals surface area contributed by atoms with Gasteiger partial charge in [0.25, 0.3) is 5.91 Å². The molecule has 3 heterocycles. The van der Waals surface area contributed by atoms with Crippen LogP contribution in [0.5, 0.6) is 0 Å². The summed E-state index contributed by atoms with van der Waals surface area (Å²) in [7, 11) is 0. The molecule has 2 fully saturated rings. The van der Waals surface area contributed by atoms with Gasteiger partial charge in [0.1, 0.15) is 11.9 Å². The Balaban J connectivity index is 1.55. The third-order valence-electron chi connectivity index (χ3n) is 3.88. The van der Waals surface area contributed by atoms with Crippen molar-refractivity contribution in [3.63, 3.8) is 0 Å². The number of rotatable bonds is 2. The van der Waals surface area contributed by atoms with E-state index in [4.69, 9.17) is 14.7 Å². The molecular weight excluding hydrogens is 284 g/mol. The van der Waals surface area contributed by atoms with E-state index in [-0.39, 0.29) is 5.91 Å². The fourth-order valence-corrected chi connectivity index (χ4v) is 2.63. The minimum atomic E-state index is -0.465. The van der Waals surface area contributed by atoms with Crippen LogP contribution >= 0.6 is 0 Å². The molecule has 3 rings (SSSR count). The molecule has 116 valence electrons. The first-order valence-corrected chi connectivity index (χ1v) is 7.37. The van der Waals surface area contributed by atoms with Crippen molar-refractivity contribution in [2.24, 2.45) is 0 Å². The molecule has 0 N–H and O–H groups in total. The molecular formula is C15H18N4O3. The number of piperazine rings is 1. The van der Waals surface area contributed by atoms with Crippen molar-refractivity contribution in [3.8, 4) is 6.07 Å². The molecule has 0 saturated carbocycles. The van der Waals surface area contributed by atoms with E-state index in [1.54, 1.807) is 12.3 Å². The molecule has 22 heavy (non-hydrogen) atoms. The quantitative estimate of drug-likeness (QED) is 0.766. The molecule has 0 aromatic carbocycles. The van der Waals surface area contributed by atoms with Crippen LogP contribution in [-0.4, -0.2) is 67.9 Å². The van der Waals surface area contributed by atoms with Gasteiger partial charge in [0.05, 0.1) is 25.4 Å². The molecule has 2 aliphatic heterocycles. The van der Waals surface area contributed by atoms with Crippen molar-refractivity contribution in [2.45, 2.75) is 6.10 Å². The summed E-state index contributed by atoms with van der Waals surface area (Å²) in [5, 5.41) is 8.79. The van der Waals surface area contributed by atoms with E-state index in [9.17, 15) is 4.79 Å². The Morgan fingerprint density at radius 1 is 1.27 bits per heavy atom. The maximum atomic E-state index is 12.3. The number of nitrogens with zero attached hydrogens (tertiary/aromatic N) is 4. The van der Waals surface area contributed by atoms with Gasteiger partial charge in [-0.3, -0.25) is 4.79 Å². The molecule has 1 aromatic rings. The van der Waals surface area contributed by atoms with Gasteiger partial charge in [0.15, 0.2) is 6.10 Å². The molecule has 2 aliphatic rings. The molecule has 0 unspecified atom stereocenters. The number of amides is 1. The second kappa shape index (κ2) is 6.73. The van der Waals surface area contributed by atoms with E-state index in [1.807, 2.05) is 11.0 Å². The fraction of sp³-hybridized carbons (Fsp3) is 0.533. The minimum absolute atomic E-state index is 0.00661. The Hall–Kier alpha value is -2.17. The highest BCUT2D eigenvalue weighted by Crippen LogP contribution is 2.15. The minimum Gasteiger partial charge on any atom is -0.376 e. The lowest BCUT2D eigenvalue weighted by Crippen LogP contribution is -2.53. The predicted octanol–water partition coefficient (Wildman–Crippen LogP) is 0.0173. The topological polar surface area (TPSA) is 78.7 Å². The van der Waals surface area contributed by atoms with Crippen molar-refractivity contribution in [2.75, 3.05) is 50.9 Å². The Labute approximate surface area is 129 Å². The largest absolute Gasteiger partial charge is 0.376 e. The maximum Gasteiger partial charge on any atom is 0.254 e. The first-order valence-electron chi connectivity index (χ1n) is 7.37. The van der Waals surface area contributed by atoms with Gasteiger partial charge in [0, 0.05) is 32.4 Å². The summed E-state index contributed by atoms with van der Waals surface area (Å²) < 4.78 is 10.7. The van der Waals surface area contributed by atoms with Crippen LogP contribution in [0.2, 0.25) is 0 Å². The molecule has 1 atom stereocenters. The van der Waals surface area contributed by atoms with E-state index >= 15 is 0 Å². The van der Waals surface area contributed by atoms with Crippen LogP contribution < -0.4 is 4.90 Å². The van der Waals surface area contributed by atoms with Gasteiger partial charge in [-0.2, -0.15) is 5.26 Å². The molecule has 7 nitrogen and oxygen atoms in total. The second-order valence-corrected chi connectivity index (χ2v) is 5.26. The maximum absolute atomic E-state index is 12.3. The van der Waals surface area contributed by atoms with Crippen molar-refractivity contribution < 1.29 is 14.3 Å². The summed E-state index contributed by atoms with van der Waals surface area (Å²) in [6, 6.07) is 5.65. The van der Waals surface area contributed by atoms with Gasteiger partial charge >= 0.3 is 0 Å². The van der Waals surface area contributed by atoms with Gasteiger partial charge in [-0.05, 0) is 12.1 Å². The van der Waals surface area contributed by atoms with E-state index in [0.717, 1.165) is 18.9 Å². The number of hydrogen-bond donors (Lipinski definition) is 0. The standard InChI is InChI=1S/C15H18N4O3/c16-9-12-1-2-14(17-10-12)18-3-5-19(6-4-18)15(20)13-11-21-7-8-22-13/h1-2,10,13H,3-8,11H2/t13-/m0/s1. The lowest BCUT2D eigenvalue weighted by atomic mass is 10.2. The van der Waals surface area contributed by atoms with E-state index in [2.05, 4.69) is 16.0 Å². The van der Waals surface area contributed by atoms with Crippen molar-refractivity contribution in [1.29, 1.82) is 5.26 Å². The molecule has 2 saturated heterocycles. The lowest BCUT2D eigenvalue weighted by molar-refractivity contribution is -0.158. The Morgan fingerprint density at radius 2 is 2.09 bits per heavy atom. The highest BCUT2D eigenvalue weighted by atomic mass is 16.6. The van der Waals surface area contributed by atoms with E-state index in [0.29, 0.717) is 38.5 Å². The summed E-state index contributed by atoms with van der Waals surface area (Å²) in [5.74, 6) is 0.843. The average Bonchev–Trinajstić information content (AvgIpc) is 2.62. The van der Waals surface area contributed by atoms with Crippen LogP contribution in [0.25, 0.3) is 0 Å². The number of pyridine rings is 1. The second-order valence-electron chi connectivity index (χ2n) is 5.26.